The van der Waals surface area contributed by atoms with Gasteiger partial charge >= 0.3 is 18.5 Å². The van der Waals surface area contributed by atoms with E-state index in [2.05, 4.69) is 20.4 Å². The highest BCUT2D eigenvalue weighted by Crippen LogP contribution is 2.31. The molecule has 1 saturated heterocycles. The Morgan fingerprint density at radius 2 is 1.71 bits per heavy atom. The van der Waals surface area contributed by atoms with Crippen LogP contribution < -0.4 is 21.1 Å². The van der Waals surface area contributed by atoms with E-state index in [0.717, 1.165) is 18.3 Å². The van der Waals surface area contributed by atoms with Crippen molar-refractivity contribution in [2.24, 2.45) is 5.73 Å². The number of anilines is 1. The van der Waals surface area contributed by atoms with Crippen LogP contribution in [0.1, 0.15) is 41.9 Å². The topological polar surface area (TPSA) is 125 Å². The molecule has 260 valence electrons. The lowest BCUT2D eigenvalue weighted by Crippen LogP contribution is -2.49. The minimum atomic E-state index is -4.88. The SMILES string of the molecule is N[C@H](C(=O)Nc1cncc(F)c1CC[C@@H]1CN[C@H](COC(=O)CCC(F)(F)F)CO1)[C@H](c1ccccc1)c1ccc(OC(F)(F)F)cc1. The number of benzene rings is 2. The minimum Gasteiger partial charge on any atom is -0.464 e. The van der Waals surface area contributed by atoms with Gasteiger partial charge in [0.25, 0.3) is 0 Å². The van der Waals surface area contributed by atoms with Gasteiger partial charge < -0.3 is 30.6 Å². The maximum atomic E-state index is 15.0. The second-order valence-corrected chi connectivity index (χ2v) is 11.1. The molecule has 16 heteroatoms. The third-order valence-electron chi connectivity index (χ3n) is 7.50. The number of rotatable bonds is 13. The standard InChI is InChI=1S/C32H33F7N4O5/c33-25-15-41-16-26(24(25)11-10-23-14-42-21(17-46-23)18-47-27(44)12-13-31(34,35)36)43-30(45)29(40)28(19-4-2-1-3-5-19)20-6-8-22(9-7-20)48-32(37,38)39/h1-9,15-16,21,23,28-29,42H,10-14,17-18,40H2,(H,43,45)/t21-,23+,28+,29-/m0/s1. The summed E-state index contributed by atoms with van der Waals surface area (Å²) in [4.78, 5) is 28.9. The summed E-state index contributed by atoms with van der Waals surface area (Å²) < 4.78 is 104. The van der Waals surface area contributed by atoms with E-state index < -0.39 is 72.9 Å². The van der Waals surface area contributed by atoms with Crippen molar-refractivity contribution in [2.75, 3.05) is 25.1 Å². The zero-order chi connectivity index (χ0) is 34.9. The summed E-state index contributed by atoms with van der Waals surface area (Å²) in [6, 6.07) is 11.9. The van der Waals surface area contributed by atoms with E-state index in [4.69, 9.17) is 15.2 Å². The molecule has 1 amide bonds. The Hall–Kier alpha value is -4.28. The monoisotopic (exact) mass is 686 g/mol. The zero-order valence-corrected chi connectivity index (χ0v) is 25.3. The van der Waals surface area contributed by atoms with Gasteiger partial charge in [0, 0.05) is 18.0 Å². The number of ether oxygens (including phenoxy) is 3. The Labute approximate surface area is 270 Å². The molecule has 4 atom stereocenters. The van der Waals surface area contributed by atoms with Gasteiger partial charge in [-0.2, -0.15) is 13.2 Å². The molecule has 0 spiro atoms. The van der Waals surface area contributed by atoms with Crippen LogP contribution in [0.15, 0.2) is 67.0 Å². The number of carbonyl (C=O) groups excluding carboxylic acids is 2. The van der Waals surface area contributed by atoms with Crippen LogP contribution in [0.5, 0.6) is 5.75 Å². The van der Waals surface area contributed by atoms with E-state index >= 15 is 0 Å². The molecule has 0 unspecified atom stereocenters. The minimum absolute atomic E-state index is 0.0728. The highest BCUT2D eigenvalue weighted by Gasteiger charge is 2.33. The smallest absolute Gasteiger partial charge is 0.464 e. The zero-order valence-electron chi connectivity index (χ0n) is 25.3. The normalized spacial score (nSPS) is 18.1. The van der Waals surface area contributed by atoms with Crippen LogP contribution in [0.3, 0.4) is 0 Å². The number of nitrogens with one attached hydrogen (secondary N) is 2. The van der Waals surface area contributed by atoms with Crippen LogP contribution in [0.2, 0.25) is 0 Å². The van der Waals surface area contributed by atoms with Crippen LogP contribution in [0.4, 0.5) is 36.4 Å². The number of carbonyl (C=O) groups is 2. The summed E-state index contributed by atoms with van der Waals surface area (Å²) in [5, 5.41) is 5.73. The third kappa shape index (κ3) is 11.2. The van der Waals surface area contributed by atoms with Gasteiger partial charge in [0.15, 0.2) is 0 Å². The van der Waals surface area contributed by atoms with E-state index in [-0.39, 0.29) is 37.4 Å². The molecule has 0 aliphatic carbocycles. The van der Waals surface area contributed by atoms with Crippen molar-refractivity contribution in [1.29, 1.82) is 0 Å². The number of alkyl halides is 6. The molecule has 48 heavy (non-hydrogen) atoms. The number of nitrogens with zero attached hydrogens (tertiary/aromatic N) is 1. The second kappa shape index (κ2) is 16.2. The molecule has 0 radical (unpaired) electrons. The van der Waals surface area contributed by atoms with Crippen LogP contribution in [-0.4, -0.2) is 67.3 Å². The van der Waals surface area contributed by atoms with E-state index in [1.807, 2.05) is 0 Å². The fraction of sp³-hybridized carbons (Fsp3) is 0.406. The van der Waals surface area contributed by atoms with Crippen LogP contribution in [0, 0.1) is 5.82 Å². The van der Waals surface area contributed by atoms with Crippen LogP contribution in [-0.2, 0) is 25.5 Å². The summed E-state index contributed by atoms with van der Waals surface area (Å²) in [6.07, 6.45) is -9.09. The van der Waals surface area contributed by atoms with Gasteiger partial charge in [-0.15, -0.1) is 13.2 Å². The highest BCUT2D eigenvalue weighted by molar-refractivity contribution is 5.96. The lowest BCUT2D eigenvalue weighted by atomic mass is 9.85. The average molecular weight is 687 g/mol. The van der Waals surface area contributed by atoms with Gasteiger partial charge in [0.2, 0.25) is 5.91 Å². The molecule has 1 aliphatic rings. The van der Waals surface area contributed by atoms with Crippen molar-refractivity contribution in [3.8, 4) is 5.75 Å². The van der Waals surface area contributed by atoms with Crippen molar-refractivity contribution in [1.82, 2.24) is 10.3 Å². The van der Waals surface area contributed by atoms with Crippen molar-refractivity contribution < 1.29 is 54.5 Å². The van der Waals surface area contributed by atoms with Gasteiger partial charge in [-0.05, 0) is 36.1 Å². The molecular formula is C32H33F7N4O5. The average Bonchev–Trinajstić information content (AvgIpc) is 3.03. The predicted molar refractivity (Wildman–Crippen MR) is 158 cm³/mol. The van der Waals surface area contributed by atoms with Gasteiger partial charge in [0.1, 0.15) is 18.2 Å². The van der Waals surface area contributed by atoms with E-state index in [9.17, 15) is 40.3 Å². The number of esters is 1. The molecule has 0 bridgehead atoms. The summed E-state index contributed by atoms with van der Waals surface area (Å²) in [6.45, 7) is 0.211. The molecule has 1 aliphatic heterocycles. The molecule has 2 aromatic carbocycles. The summed E-state index contributed by atoms with van der Waals surface area (Å²) >= 11 is 0. The molecule has 0 saturated carbocycles. The fourth-order valence-corrected chi connectivity index (χ4v) is 5.11. The Kier molecular flexibility index (Phi) is 12.3. The number of nitrogens with two attached hydrogens (primary N) is 1. The largest absolute Gasteiger partial charge is 0.573 e. The first kappa shape index (κ1) is 36.6. The number of hydrogen-bond acceptors (Lipinski definition) is 8. The molecule has 9 nitrogen and oxygen atoms in total. The van der Waals surface area contributed by atoms with E-state index in [1.165, 1.54) is 18.3 Å². The van der Waals surface area contributed by atoms with E-state index in [0.29, 0.717) is 17.5 Å². The van der Waals surface area contributed by atoms with Gasteiger partial charge in [0.05, 0.1) is 55.7 Å². The second-order valence-electron chi connectivity index (χ2n) is 11.1. The molecule has 4 N–H and O–H groups in total. The third-order valence-corrected chi connectivity index (χ3v) is 7.50. The number of aromatic nitrogens is 1. The fourth-order valence-electron chi connectivity index (χ4n) is 5.11. The molecule has 2 heterocycles. The first-order chi connectivity index (χ1) is 22.7. The predicted octanol–water partition coefficient (Wildman–Crippen LogP) is 5.39. The van der Waals surface area contributed by atoms with Crippen molar-refractivity contribution in [3.63, 3.8) is 0 Å². The van der Waals surface area contributed by atoms with Crippen molar-refractivity contribution in [3.05, 3.63) is 89.5 Å². The number of halogens is 7. The van der Waals surface area contributed by atoms with Gasteiger partial charge in [-0.1, -0.05) is 42.5 Å². The summed E-state index contributed by atoms with van der Waals surface area (Å²) in [5.41, 5.74) is 7.70. The summed E-state index contributed by atoms with van der Waals surface area (Å²) in [5.74, 6) is -3.59. The number of hydrogen-bond donors (Lipinski definition) is 3. The Balaban J connectivity index is 1.37. The molecular weight excluding hydrogens is 653 g/mol. The lowest BCUT2D eigenvalue weighted by molar-refractivity contribution is -0.274. The quantitative estimate of drug-likeness (QED) is 0.162. The van der Waals surface area contributed by atoms with Crippen LogP contribution in [0.25, 0.3) is 0 Å². The number of amides is 1. The number of pyridine rings is 1. The molecule has 1 aromatic heterocycles. The molecule has 1 fully saturated rings. The highest BCUT2D eigenvalue weighted by atomic mass is 19.4. The van der Waals surface area contributed by atoms with Gasteiger partial charge in [-0.3, -0.25) is 14.6 Å². The maximum absolute atomic E-state index is 15.0. The summed E-state index contributed by atoms with van der Waals surface area (Å²) in [7, 11) is 0. The Morgan fingerprint density at radius 3 is 2.33 bits per heavy atom. The first-order valence-electron chi connectivity index (χ1n) is 14.9. The van der Waals surface area contributed by atoms with Gasteiger partial charge in [-0.25, -0.2) is 4.39 Å². The van der Waals surface area contributed by atoms with Crippen molar-refractivity contribution >= 4 is 17.6 Å². The number of morpholine rings is 1. The lowest BCUT2D eigenvalue weighted by Gasteiger charge is -2.30. The molecule has 3 aromatic rings. The Bertz CT molecular complexity index is 1500. The van der Waals surface area contributed by atoms with Crippen LogP contribution >= 0.6 is 0 Å². The van der Waals surface area contributed by atoms with Crippen molar-refractivity contribution in [2.45, 2.75) is 62.3 Å². The van der Waals surface area contributed by atoms with E-state index in [1.54, 1.807) is 30.3 Å². The maximum Gasteiger partial charge on any atom is 0.573 e. The first-order valence-corrected chi connectivity index (χ1v) is 14.9. The molecule has 4 rings (SSSR count). The Morgan fingerprint density at radius 1 is 1.02 bits per heavy atom.